The van der Waals surface area contributed by atoms with Crippen LogP contribution in [0, 0.1) is 12.9 Å². The Hall–Kier alpha value is -1.99. The van der Waals surface area contributed by atoms with Crippen molar-refractivity contribution in [3.05, 3.63) is 35.5 Å². The van der Waals surface area contributed by atoms with E-state index in [2.05, 4.69) is 15.2 Å². The molecule has 1 aliphatic heterocycles. The van der Waals surface area contributed by atoms with E-state index in [1.165, 1.54) is 17.2 Å². The number of rotatable bonds is 5. The van der Waals surface area contributed by atoms with Gasteiger partial charge in [0.1, 0.15) is 5.65 Å². The normalized spacial score (nSPS) is 17.4. The summed E-state index contributed by atoms with van der Waals surface area (Å²) < 4.78 is 15.6. The zero-order chi connectivity index (χ0) is 17.8. The van der Waals surface area contributed by atoms with Gasteiger partial charge in [-0.25, -0.2) is 4.98 Å². The molecule has 1 saturated heterocycles. The molecule has 0 aromatic carbocycles. The van der Waals surface area contributed by atoms with Crippen LogP contribution < -0.4 is 5.32 Å². The van der Waals surface area contributed by atoms with E-state index in [0.29, 0.717) is 12.2 Å². The zero-order valence-electron chi connectivity index (χ0n) is 14.5. The van der Waals surface area contributed by atoms with Gasteiger partial charge >= 0.3 is 0 Å². The number of hydrogen-bond donors (Lipinski definition) is 2. The van der Waals surface area contributed by atoms with Gasteiger partial charge in [-0.2, -0.15) is 4.39 Å². The lowest BCUT2D eigenvalue weighted by molar-refractivity contribution is 0.0855. The maximum Gasteiger partial charge on any atom is 0.274 e. The molecule has 1 atom stereocenters. The third kappa shape index (κ3) is 4.35. The first-order valence-corrected chi connectivity index (χ1v) is 8.87. The number of carbonyl (C=O) groups excluding carboxylic acids is 1. The average molecular weight is 348 g/mol. The summed E-state index contributed by atoms with van der Waals surface area (Å²) in [6, 6.07) is 3.48. The maximum atomic E-state index is 14.4. The van der Waals surface area contributed by atoms with Crippen LogP contribution in [0.2, 0.25) is 0 Å². The van der Waals surface area contributed by atoms with Gasteiger partial charge in [0, 0.05) is 19.3 Å². The molecule has 1 aliphatic rings. The van der Waals surface area contributed by atoms with Gasteiger partial charge in [0.25, 0.3) is 5.91 Å². The molecule has 0 spiro atoms. The minimum absolute atomic E-state index is 0.0850. The molecule has 3 heterocycles. The summed E-state index contributed by atoms with van der Waals surface area (Å²) in [5, 5.41) is 12.7. The Bertz CT molecular complexity index is 738. The van der Waals surface area contributed by atoms with Crippen molar-refractivity contribution in [1.29, 1.82) is 0 Å². The van der Waals surface area contributed by atoms with Gasteiger partial charge in [-0.05, 0) is 44.5 Å². The first-order chi connectivity index (χ1) is 12.0. The third-order valence-corrected chi connectivity index (χ3v) is 4.59. The fourth-order valence-corrected chi connectivity index (χ4v) is 3.24. The van der Waals surface area contributed by atoms with Crippen molar-refractivity contribution in [3.8, 4) is 0 Å². The zero-order valence-corrected chi connectivity index (χ0v) is 14.5. The number of pyridine rings is 1. The molecular formula is C18H25FN4O2. The molecular weight excluding hydrogens is 323 g/mol. The number of aliphatic hydroxyl groups excluding tert-OH is 1. The second kappa shape index (κ2) is 7.93. The largest absolute Gasteiger partial charge is 0.390 e. The molecule has 1 amide bonds. The Balaban J connectivity index is 1.57. The van der Waals surface area contributed by atoms with Crippen molar-refractivity contribution in [2.45, 2.75) is 38.7 Å². The van der Waals surface area contributed by atoms with Gasteiger partial charge in [-0.3, -0.25) is 9.20 Å². The predicted octanol–water partition coefficient (Wildman–Crippen LogP) is 1.75. The van der Waals surface area contributed by atoms with Crippen molar-refractivity contribution in [1.82, 2.24) is 19.6 Å². The standard InChI is InChI=1S/C18H25FN4O2/c1-13-6-7-15-21-16(17(19)23(15)11-13)18(25)20-10-14(24)12-22-8-4-2-3-5-9-22/h6-7,11,14,24H,2-5,8-10,12H2,1H3,(H,20,25)/t14-/m0/s1. The van der Waals surface area contributed by atoms with Gasteiger partial charge in [0.15, 0.2) is 5.69 Å². The summed E-state index contributed by atoms with van der Waals surface area (Å²) in [5.74, 6) is -1.29. The molecule has 0 bridgehead atoms. The SMILES string of the molecule is Cc1ccc2nc(C(=O)NC[C@H](O)CN3CCCCCC3)c(F)n2c1. The fourth-order valence-electron chi connectivity index (χ4n) is 3.24. The second-order valence-corrected chi connectivity index (χ2v) is 6.76. The molecule has 7 heteroatoms. The summed E-state index contributed by atoms with van der Waals surface area (Å²) in [7, 11) is 0. The smallest absolute Gasteiger partial charge is 0.274 e. The van der Waals surface area contributed by atoms with Gasteiger partial charge in [-0.15, -0.1) is 0 Å². The van der Waals surface area contributed by atoms with E-state index in [1.54, 1.807) is 12.3 Å². The van der Waals surface area contributed by atoms with Crippen LogP contribution in [-0.4, -0.2) is 57.6 Å². The minimum Gasteiger partial charge on any atom is -0.390 e. The Morgan fingerprint density at radius 3 is 2.76 bits per heavy atom. The highest BCUT2D eigenvalue weighted by molar-refractivity contribution is 5.93. The van der Waals surface area contributed by atoms with E-state index in [4.69, 9.17) is 0 Å². The summed E-state index contributed by atoms with van der Waals surface area (Å²) in [5.41, 5.74) is 1.02. The van der Waals surface area contributed by atoms with Crippen molar-refractivity contribution < 1.29 is 14.3 Å². The number of aromatic nitrogens is 2. The van der Waals surface area contributed by atoms with Crippen LogP contribution in [-0.2, 0) is 0 Å². The molecule has 0 aliphatic carbocycles. The molecule has 2 aromatic heterocycles. The number of carbonyl (C=O) groups is 1. The highest BCUT2D eigenvalue weighted by Crippen LogP contribution is 2.13. The molecule has 25 heavy (non-hydrogen) atoms. The molecule has 0 saturated carbocycles. The van der Waals surface area contributed by atoms with E-state index in [9.17, 15) is 14.3 Å². The Kier molecular flexibility index (Phi) is 5.65. The minimum atomic E-state index is -0.682. The summed E-state index contributed by atoms with van der Waals surface area (Å²) in [6.45, 7) is 4.41. The van der Waals surface area contributed by atoms with E-state index in [-0.39, 0.29) is 12.2 Å². The predicted molar refractivity (Wildman–Crippen MR) is 93.1 cm³/mol. The molecule has 2 aromatic rings. The molecule has 0 radical (unpaired) electrons. The molecule has 1 fully saturated rings. The number of imidazole rings is 1. The lowest BCUT2D eigenvalue weighted by Gasteiger charge is -2.23. The lowest BCUT2D eigenvalue weighted by Crippen LogP contribution is -2.40. The van der Waals surface area contributed by atoms with Crippen molar-refractivity contribution in [2.24, 2.45) is 0 Å². The number of halogens is 1. The number of nitrogens with one attached hydrogen (secondary N) is 1. The van der Waals surface area contributed by atoms with Crippen LogP contribution in [0.15, 0.2) is 18.3 Å². The Morgan fingerprint density at radius 2 is 2.04 bits per heavy atom. The molecule has 2 N–H and O–H groups in total. The number of aliphatic hydroxyl groups is 1. The topological polar surface area (TPSA) is 69.9 Å². The van der Waals surface area contributed by atoms with Crippen LogP contribution in [0.3, 0.4) is 0 Å². The second-order valence-electron chi connectivity index (χ2n) is 6.76. The first kappa shape index (κ1) is 17.8. The number of aryl methyl sites for hydroxylation is 1. The number of likely N-dealkylation sites (tertiary alicyclic amines) is 1. The van der Waals surface area contributed by atoms with E-state index in [1.807, 2.05) is 13.0 Å². The summed E-state index contributed by atoms with van der Waals surface area (Å²) in [4.78, 5) is 18.5. The highest BCUT2D eigenvalue weighted by Gasteiger charge is 2.20. The fraction of sp³-hybridized carbons (Fsp3) is 0.556. The van der Waals surface area contributed by atoms with Crippen LogP contribution >= 0.6 is 0 Å². The van der Waals surface area contributed by atoms with Gasteiger partial charge in [-0.1, -0.05) is 18.9 Å². The van der Waals surface area contributed by atoms with Crippen LogP contribution in [0.1, 0.15) is 41.7 Å². The van der Waals surface area contributed by atoms with Crippen molar-refractivity contribution >= 4 is 11.6 Å². The van der Waals surface area contributed by atoms with Crippen molar-refractivity contribution in [3.63, 3.8) is 0 Å². The monoisotopic (exact) mass is 348 g/mol. The summed E-state index contributed by atoms with van der Waals surface area (Å²) >= 11 is 0. The first-order valence-electron chi connectivity index (χ1n) is 8.87. The number of amides is 1. The lowest BCUT2D eigenvalue weighted by atomic mass is 10.2. The molecule has 136 valence electrons. The molecule has 3 rings (SSSR count). The third-order valence-electron chi connectivity index (χ3n) is 4.59. The van der Waals surface area contributed by atoms with Crippen LogP contribution in [0.4, 0.5) is 4.39 Å². The average Bonchev–Trinajstić information content (AvgIpc) is 2.76. The van der Waals surface area contributed by atoms with E-state index >= 15 is 0 Å². The molecule has 6 nitrogen and oxygen atoms in total. The van der Waals surface area contributed by atoms with Crippen LogP contribution in [0.25, 0.3) is 5.65 Å². The van der Waals surface area contributed by atoms with Crippen LogP contribution in [0.5, 0.6) is 0 Å². The maximum absolute atomic E-state index is 14.4. The number of fused-ring (bicyclic) bond motifs is 1. The number of hydrogen-bond acceptors (Lipinski definition) is 4. The highest BCUT2D eigenvalue weighted by atomic mass is 19.1. The Labute approximate surface area is 146 Å². The van der Waals surface area contributed by atoms with Gasteiger partial charge in [0.05, 0.1) is 6.10 Å². The van der Waals surface area contributed by atoms with Crippen molar-refractivity contribution in [2.75, 3.05) is 26.2 Å². The van der Waals surface area contributed by atoms with E-state index < -0.39 is 18.0 Å². The molecule has 0 unspecified atom stereocenters. The van der Waals surface area contributed by atoms with Gasteiger partial charge in [0.2, 0.25) is 5.95 Å². The summed E-state index contributed by atoms with van der Waals surface area (Å²) in [6.07, 6.45) is 5.68. The Morgan fingerprint density at radius 1 is 1.32 bits per heavy atom. The van der Waals surface area contributed by atoms with E-state index in [0.717, 1.165) is 31.5 Å². The number of nitrogens with zero attached hydrogens (tertiary/aromatic N) is 3. The quantitative estimate of drug-likeness (QED) is 0.864. The van der Waals surface area contributed by atoms with Gasteiger partial charge < -0.3 is 15.3 Å². The number of β-amino-alcohol motifs (C(OH)–C–C–N with tert-alkyl or cyclic N) is 1.